The van der Waals surface area contributed by atoms with E-state index in [-0.39, 0.29) is 37.1 Å². The average molecular weight is 618 g/mol. The highest BCUT2D eigenvalue weighted by Crippen LogP contribution is 2.15. The Balaban J connectivity index is 0. The molecule has 0 saturated carbocycles. The molecule has 0 bridgehead atoms. The number of hydrogen-bond donors (Lipinski definition) is 0. The maximum Gasteiger partial charge on any atom is 0.306 e. The molecule has 5 nitrogen and oxygen atoms in total. The van der Waals surface area contributed by atoms with Crippen molar-refractivity contribution in [3.05, 3.63) is 0 Å². The van der Waals surface area contributed by atoms with E-state index in [1.54, 1.807) is 0 Å². The summed E-state index contributed by atoms with van der Waals surface area (Å²) < 4.78 is 12.2. The summed E-state index contributed by atoms with van der Waals surface area (Å²) in [6, 6.07) is 0. The topological polar surface area (TPSA) is 52.6 Å². The van der Waals surface area contributed by atoms with Gasteiger partial charge in [0.15, 0.2) is 6.10 Å². The Kier molecular flexibility index (Phi) is 32.6. The molecule has 0 aromatic carbocycles. The Morgan fingerprint density at radius 1 is 0.524 bits per heavy atom. The fourth-order valence-corrected chi connectivity index (χ4v) is 5.74. The van der Waals surface area contributed by atoms with Gasteiger partial charge in [0.1, 0.15) is 13.2 Å². The van der Waals surface area contributed by atoms with E-state index < -0.39 is 0 Å². The fourth-order valence-electron chi connectivity index (χ4n) is 5.74. The molecule has 0 aliphatic rings. The van der Waals surface area contributed by atoms with Crippen LogP contribution in [0.15, 0.2) is 0 Å². The zero-order chi connectivity index (χ0) is 30.4. The Hall–Kier alpha value is -0.810. The largest absolute Gasteiger partial charge is 1.00 e. The van der Waals surface area contributed by atoms with E-state index in [2.05, 4.69) is 34.9 Å². The van der Waals surface area contributed by atoms with Crippen LogP contribution in [0.3, 0.4) is 0 Å². The van der Waals surface area contributed by atoms with Crippen LogP contribution in [0.1, 0.15) is 181 Å². The van der Waals surface area contributed by atoms with Gasteiger partial charge in [-0.15, -0.1) is 0 Å². The summed E-state index contributed by atoms with van der Waals surface area (Å²) in [5.74, 6) is -0.308. The van der Waals surface area contributed by atoms with Crippen LogP contribution in [-0.2, 0) is 19.1 Å². The number of halogens is 1. The van der Waals surface area contributed by atoms with E-state index >= 15 is 0 Å². The highest BCUT2D eigenvalue weighted by Gasteiger charge is 2.26. The SMILES string of the molecule is CCCCCCCCCCCCCC(=O)OCC(C[N+](C)(C)CCC)OC(=O)CCCCCCCCCCCCC.[Cl-]. The Labute approximate surface area is 268 Å². The third kappa shape index (κ3) is 30.6. The van der Waals surface area contributed by atoms with Gasteiger partial charge in [-0.25, -0.2) is 0 Å². The smallest absolute Gasteiger partial charge is 0.306 e. The van der Waals surface area contributed by atoms with Crippen LogP contribution in [-0.4, -0.2) is 56.3 Å². The molecule has 1 atom stereocenters. The molecule has 0 spiro atoms. The number of carbonyl (C=O) groups is 2. The zero-order valence-electron chi connectivity index (χ0n) is 28.8. The molecule has 252 valence electrons. The van der Waals surface area contributed by atoms with Crippen molar-refractivity contribution in [2.45, 2.75) is 187 Å². The molecule has 0 radical (unpaired) electrons. The van der Waals surface area contributed by atoms with E-state index in [0.29, 0.717) is 19.4 Å². The summed E-state index contributed by atoms with van der Waals surface area (Å²) in [5, 5.41) is 0. The molecule has 0 heterocycles. The molecule has 0 aromatic heterocycles. The highest BCUT2D eigenvalue weighted by atomic mass is 35.5. The predicted molar refractivity (Wildman–Crippen MR) is 175 cm³/mol. The summed E-state index contributed by atoms with van der Waals surface area (Å²) in [4.78, 5) is 25.0. The van der Waals surface area contributed by atoms with Crippen LogP contribution >= 0.6 is 0 Å². The Morgan fingerprint density at radius 3 is 1.26 bits per heavy atom. The molecule has 0 aliphatic carbocycles. The van der Waals surface area contributed by atoms with Crippen molar-refractivity contribution in [2.75, 3.05) is 33.8 Å². The molecule has 42 heavy (non-hydrogen) atoms. The molecule has 0 saturated heterocycles. The monoisotopic (exact) mass is 618 g/mol. The van der Waals surface area contributed by atoms with Crippen molar-refractivity contribution >= 4 is 11.9 Å². The minimum Gasteiger partial charge on any atom is -1.00 e. The Bertz CT molecular complexity index is 599. The van der Waals surface area contributed by atoms with Gasteiger partial charge in [0.05, 0.1) is 20.6 Å². The van der Waals surface area contributed by atoms with Gasteiger partial charge < -0.3 is 26.4 Å². The number of nitrogens with zero attached hydrogens (tertiary/aromatic N) is 1. The summed E-state index contributed by atoms with van der Waals surface area (Å²) in [6.45, 7) is 8.53. The lowest BCUT2D eigenvalue weighted by molar-refractivity contribution is -0.893. The lowest BCUT2D eigenvalue weighted by Gasteiger charge is -2.32. The first-order valence-electron chi connectivity index (χ1n) is 18.0. The summed E-state index contributed by atoms with van der Waals surface area (Å²) in [7, 11) is 4.31. The third-order valence-corrected chi connectivity index (χ3v) is 8.22. The third-order valence-electron chi connectivity index (χ3n) is 8.22. The maximum atomic E-state index is 12.6. The highest BCUT2D eigenvalue weighted by molar-refractivity contribution is 5.70. The molecule has 6 heteroatoms. The summed E-state index contributed by atoms with van der Waals surface area (Å²) in [6.07, 6.45) is 29.4. The van der Waals surface area contributed by atoms with Gasteiger partial charge in [-0.1, -0.05) is 149 Å². The number of hydrogen-bond acceptors (Lipinski definition) is 4. The lowest BCUT2D eigenvalue weighted by atomic mass is 10.1. The minimum absolute atomic E-state index is 0. The molecular formula is C36H72ClNO4. The van der Waals surface area contributed by atoms with Crippen LogP contribution < -0.4 is 12.4 Å². The van der Waals surface area contributed by atoms with Crippen LogP contribution in [0.4, 0.5) is 0 Å². The maximum absolute atomic E-state index is 12.6. The van der Waals surface area contributed by atoms with Crippen LogP contribution in [0.2, 0.25) is 0 Å². The van der Waals surface area contributed by atoms with Crippen molar-refractivity contribution < 1.29 is 36.0 Å². The van der Waals surface area contributed by atoms with Gasteiger partial charge in [-0.2, -0.15) is 0 Å². The number of esters is 2. The second-order valence-corrected chi connectivity index (χ2v) is 13.2. The first-order chi connectivity index (χ1) is 19.8. The van der Waals surface area contributed by atoms with Crippen LogP contribution in [0.25, 0.3) is 0 Å². The molecule has 0 N–H and O–H groups in total. The number of rotatable bonds is 31. The quantitative estimate of drug-likeness (QED) is 0.0464. The van der Waals surface area contributed by atoms with Gasteiger partial charge in [-0.3, -0.25) is 9.59 Å². The number of carbonyl (C=O) groups excluding carboxylic acids is 2. The number of unbranched alkanes of at least 4 members (excludes halogenated alkanes) is 20. The number of quaternary nitrogens is 1. The van der Waals surface area contributed by atoms with Gasteiger partial charge in [0.2, 0.25) is 0 Å². The standard InChI is InChI=1S/C36H72NO4.ClH/c1-6-9-11-13-15-17-19-21-23-25-27-29-35(38)40-33-34(32-37(4,5)31-8-3)41-36(39)30-28-26-24-22-20-18-16-14-12-10-7-2;/h34H,6-33H2,1-5H3;1H/q+1;/p-1. The van der Waals surface area contributed by atoms with Gasteiger partial charge in [0, 0.05) is 12.8 Å². The van der Waals surface area contributed by atoms with Crippen LogP contribution in [0, 0.1) is 0 Å². The average Bonchev–Trinajstić information content (AvgIpc) is 2.93. The van der Waals surface area contributed by atoms with Crippen molar-refractivity contribution in [3.8, 4) is 0 Å². The predicted octanol–water partition coefficient (Wildman–Crippen LogP) is 7.33. The molecular weight excluding hydrogens is 546 g/mol. The normalized spacial score (nSPS) is 12.1. The number of likely N-dealkylation sites (N-methyl/N-ethyl adjacent to an activating group) is 1. The van der Waals surface area contributed by atoms with Crippen LogP contribution in [0.5, 0.6) is 0 Å². The molecule has 0 amide bonds. The number of ether oxygens (including phenoxy) is 2. The lowest BCUT2D eigenvalue weighted by Crippen LogP contribution is -3.00. The van der Waals surface area contributed by atoms with E-state index in [1.165, 1.54) is 116 Å². The Morgan fingerprint density at radius 2 is 0.881 bits per heavy atom. The second-order valence-electron chi connectivity index (χ2n) is 13.2. The molecule has 0 aromatic rings. The fraction of sp³-hybridized carbons (Fsp3) is 0.944. The molecule has 0 aliphatic heterocycles. The van der Waals surface area contributed by atoms with E-state index in [9.17, 15) is 9.59 Å². The van der Waals surface area contributed by atoms with Gasteiger partial charge in [0.25, 0.3) is 0 Å². The van der Waals surface area contributed by atoms with Crippen molar-refractivity contribution in [1.29, 1.82) is 0 Å². The minimum atomic E-state index is -0.377. The molecule has 1 unspecified atom stereocenters. The first-order valence-corrected chi connectivity index (χ1v) is 18.0. The van der Waals surface area contributed by atoms with Gasteiger partial charge in [-0.05, 0) is 19.3 Å². The summed E-state index contributed by atoms with van der Waals surface area (Å²) >= 11 is 0. The second kappa shape index (κ2) is 31.6. The molecule has 0 rings (SSSR count). The van der Waals surface area contributed by atoms with Crippen molar-refractivity contribution in [1.82, 2.24) is 0 Å². The van der Waals surface area contributed by atoms with E-state index in [4.69, 9.17) is 9.47 Å². The zero-order valence-corrected chi connectivity index (χ0v) is 29.6. The summed E-state index contributed by atoms with van der Waals surface area (Å²) in [5.41, 5.74) is 0. The first kappa shape index (κ1) is 43.3. The van der Waals surface area contributed by atoms with E-state index in [1.807, 2.05) is 0 Å². The van der Waals surface area contributed by atoms with Crippen molar-refractivity contribution in [2.24, 2.45) is 0 Å². The molecule has 0 fully saturated rings. The van der Waals surface area contributed by atoms with E-state index in [0.717, 1.165) is 43.1 Å². The van der Waals surface area contributed by atoms with Crippen molar-refractivity contribution in [3.63, 3.8) is 0 Å². The van der Waals surface area contributed by atoms with Gasteiger partial charge >= 0.3 is 11.9 Å².